The van der Waals surface area contributed by atoms with Crippen molar-refractivity contribution in [3.05, 3.63) is 29.1 Å². The van der Waals surface area contributed by atoms with Gasteiger partial charge in [0.25, 0.3) is 0 Å². The highest BCUT2D eigenvalue weighted by Gasteiger charge is 1.90. The Labute approximate surface area is 77.0 Å². The maximum Gasteiger partial charge on any atom is 0.0404 e. The largest absolute Gasteiger partial charge is 0.258 e. The van der Waals surface area contributed by atoms with E-state index in [2.05, 4.69) is 33.9 Å². The quantitative estimate of drug-likeness (QED) is 0.607. The molecule has 1 nitrogen and oxygen atoms in total. The number of aryl methyl sites for hydroxylation is 3. The zero-order chi connectivity index (χ0) is 8.85. The molecular formula is C9H14BrN. The Morgan fingerprint density at radius 3 is 2.00 bits per heavy atom. The summed E-state index contributed by atoms with van der Waals surface area (Å²) in [6.45, 7) is 6.11. The number of aromatic nitrogens is 1. The maximum absolute atomic E-state index is 4.27. The number of hydrogen-bond acceptors (Lipinski definition) is 1. The standard InChI is InChI=1S/C8H11N.CH3Br/c1-6-4-5-7(2)9-8(6)3;1-2/h4-5H,1-3H3;1H3. The van der Waals surface area contributed by atoms with E-state index in [1.54, 1.807) is 0 Å². The first kappa shape index (κ1) is 10.6. The molecule has 0 N–H and O–H groups in total. The van der Waals surface area contributed by atoms with Gasteiger partial charge >= 0.3 is 0 Å². The lowest BCUT2D eigenvalue weighted by Gasteiger charge is -1.97. The van der Waals surface area contributed by atoms with Crippen LogP contribution in [0.15, 0.2) is 12.1 Å². The topological polar surface area (TPSA) is 12.9 Å². The minimum atomic E-state index is 1.10. The summed E-state index contributed by atoms with van der Waals surface area (Å²) in [7, 11) is 0. The van der Waals surface area contributed by atoms with Gasteiger partial charge in [0, 0.05) is 11.4 Å². The molecule has 1 heterocycles. The second-order valence-corrected chi connectivity index (χ2v) is 2.35. The summed E-state index contributed by atoms with van der Waals surface area (Å²) >= 11 is 2.94. The Hall–Kier alpha value is -0.370. The summed E-state index contributed by atoms with van der Waals surface area (Å²) < 4.78 is 0. The first-order valence-corrected chi connectivity index (χ1v) is 5.07. The van der Waals surface area contributed by atoms with E-state index in [1.807, 2.05) is 25.7 Å². The molecule has 0 aliphatic rings. The van der Waals surface area contributed by atoms with Crippen molar-refractivity contribution in [3.63, 3.8) is 0 Å². The molecule has 1 aromatic rings. The molecule has 0 aliphatic heterocycles. The zero-order valence-corrected chi connectivity index (χ0v) is 9.07. The van der Waals surface area contributed by atoms with Gasteiger partial charge in [-0.25, -0.2) is 0 Å². The van der Waals surface area contributed by atoms with E-state index in [-0.39, 0.29) is 0 Å². The SMILES string of the molecule is CBr.Cc1ccc(C)c(C)n1. The van der Waals surface area contributed by atoms with Gasteiger partial charge in [0.2, 0.25) is 0 Å². The van der Waals surface area contributed by atoms with Gasteiger partial charge in [-0.05, 0) is 38.2 Å². The molecule has 11 heavy (non-hydrogen) atoms. The minimum Gasteiger partial charge on any atom is -0.258 e. The molecule has 0 saturated carbocycles. The van der Waals surface area contributed by atoms with Crippen LogP contribution in [0.4, 0.5) is 0 Å². The van der Waals surface area contributed by atoms with Crippen LogP contribution in [-0.4, -0.2) is 10.8 Å². The molecule has 0 spiro atoms. The van der Waals surface area contributed by atoms with Gasteiger partial charge in [0.05, 0.1) is 0 Å². The molecule has 0 unspecified atom stereocenters. The van der Waals surface area contributed by atoms with Crippen LogP contribution in [0.1, 0.15) is 17.0 Å². The lowest BCUT2D eigenvalue weighted by atomic mass is 10.2. The van der Waals surface area contributed by atoms with Crippen molar-refractivity contribution in [3.8, 4) is 0 Å². The summed E-state index contributed by atoms with van der Waals surface area (Å²) in [5.74, 6) is 1.81. The Morgan fingerprint density at radius 2 is 1.64 bits per heavy atom. The monoisotopic (exact) mass is 215 g/mol. The number of alkyl halides is 1. The Balaban J connectivity index is 0.000000461. The number of halogens is 1. The van der Waals surface area contributed by atoms with E-state index in [1.165, 1.54) is 5.56 Å². The molecule has 1 rings (SSSR count). The average molecular weight is 216 g/mol. The average Bonchev–Trinajstić information content (AvgIpc) is 2.02. The van der Waals surface area contributed by atoms with E-state index in [0.717, 1.165) is 11.4 Å². The fourth-order valence-corrected chi connectivity index (χ4v) is 0.756. The Bertz CT molecular complexity index is 221. The third-order valence-electron chi connectivity index (χ3n) is 1.49. The van der Waals surface area contributed by atoms with Gasteiger partial charge in [-0.15, -0.1) is 0 Å². The fraction of sp³-hybridized carbons (Fsp3) is 0.444. The third kappa shape index (κ3) is 3.51. The molecule has 0 radical (unpaired) electrons. The highest BCUT2D eigenvalue weighted by atomic mass is 79.9. The van der Waals surface area contributed by atoms with Crippen molar-refractivity contribution in [2.24, 2.45) is 0 Å². The summed E-state index contributed by atoms with van der Waals surface area (Å²) in [6, 6.07) is 4.12. The van der Waals surface area contributed by atoms with Crippen LogP contribution >= 0.6 is 15.9 Å². The van der Waals surface area contributed by atoms with Gasteiger partial charge < -0.3 is 0 Å². The summed E-state index contributed by atoms with van der Waals surface area (Å²) in [5.41, 5.74) is 3.49. The Kier molecular flexibility index (Phi) is 5.12. The van der Waals surface area contributed by atoms with E-state index in [4.69, 9.17) is 0 Å². The van der Waals surface area contributed by atoms with Crippen LogP contribution in [0.25, 0.3) is 0 Å². The van der Waals surface area contributed by atoms with E-state index in [0.29, 0.717) is 0 Å². The zero-order valence-electron chi connectivity index (χ0n) is 7.48. The molecule has 0 fully saturated rings. The van der Waals surface area contributed by atoms with Crippen molar-refractivity contribution in [2.75, 3.05) is 5.83 Å². The maximum atomic E-state index is 4.27. The highest BCUT2D eigenvalue weighted by molar-refractivity contribution is 9.08. The lowest BCUT2D eigenvalue weighted by molar-refractivity contribution is 1.09. The smallest absolute Gasteiger partial charge is 0.0404 e. The van der Waals surface area contributed by atoms with Gasteiger partial charge in [-0.1, -0.05) is 22.0 Å². The van der Waals surface area contributed by atoms with Crippen molar-refractivity contribution in [1.82, 2.24) is 4.98 Å². The van der Waals surface area contributed by atoms with E-state index < -0.39 is 0 Å². The molecule has 2 heteroatoms. The second-order valence-electron chi connectivity index (χ2n) is 2.35. The van der Waals surface area contributed by atoms with Gasteiger partial charge in [-0.3, -0.25) is 4.98 Å². The van der Waals surface area contributed by atoms with Crippen molar-refractivity contribution >= 4 is 15.9 Å². The Morgan fingerprint density at radius 1 is 1.09 bits per heavy atom. The molecule has 0 amide bonds. The third-order valence-corrected chi connectivity index (χ3v) is 1.49. The molecular weight excluding hydrogens is 202 g/mol. The van der Waals surface area contributed by atoms with Crippen molar-refractivity contribution < 1.29 is 0 Å². The number of rotatable bonds is 0. The van der Waals surface area contributed by atoms with Gasteiger partial charge in [0.15, 0.2) is 0 Å². The van der Waals surface area contributed by atoms with Crippen LogP contribution < -0.4 is 0 Å². The fourth-order valence-electron chi connectivity index (χ4n) is 0.756. The van der Waals surface area contributed by atoms with Crippen molar-refractivity contribution in [1.29, 1.82) is 0 Å². The summed E-state index contributed by atoms with van der Waals surface area (Å²) in [5, 5.41) is 0. The van der Waals surface area contributed by atoms with Crippen molar-refractivity contribution in [2.45, 2.75) is 20.8 Å². The first-order valence-electron chi connectivity index (χ1n) is 3.49. The normalized spacial score (nSPS) is 8.45. The van der Waals surface area contributed by atoms with Crippen LogP contribution in [0, 0.1) is 20.8 Å². The van der Waals surface area contributed by atoms with Crippen LogP contribution in [0.3, 0.4) is 0 Å². The second kappa shape index (κ2) is 5.30. The van der Waals surface area contributed by atoms with Gasteiger partial charge in [-0.2, -0.15) is 0 Å². The minimum absolute atomic E-state index is 1.10. The molecule has 62 valence electrons. The molecule has 1 aromatic heterocycles. The van der Waals surface area contributed by atoms with Crippen LogP contribution in [0.2, 0.25) is 0 Å². The van der Waals surface area contributed by atoms with Gasteiger partial charge in [0.1, 0.15) is 0 Å². The lowest BCUT2D eigenvalue weighted by Crippen LogP contribution is -1.87. The highest BCUT2D eigenvalue weighted by Crippen LogP contribution is 2.02. The molecule has 0 aromatic carbocycles. The molecule has 0 aliphatic carbocycles. The summed E-state index contributed by atoms with van der Waals surface area (Å²) in [6.07, 6.45) is 0. The first-order chi connectivity index (χ1) is 5.20. The number of pyridine rings is 1. The van der Waals surface area contributed by atoms with E-state index >= 15 is 0 Å². The molecule has 0 atom stereocenters. The van der Waals surface area contributed by atoms with E-state index in [9.17, 15) is 0 Å². The molecule has 0 saturated heterocycles. The number of hydrogen-bond donors (Lipinski definition) is 0. The predicted octanol–water partition coefficient (Wildman–Crippen LogP) is 3.02. The van der Waals surface area contributed by atoms with Crippen LogP contribution in [-0.2, 0) is 0 Å². The number of nitrogens with zero attached hydrogens (tertiary/aromatic N) is 1. The predicted molar refractivity (Wildman–Crippen MR) is 53.3 cm³/mol. The van der Waals surface area contributed by atoms with Crippen LogP contribution in [0.5, 0.6) is 0 Å². The molecule has 0 bridgehead atoms. The summed E-state index contributed by atoms with van der Waals surface area (Å²) in [4.78, 5) is 4.27.